The van der Waals surface area contributed by atoms with Crippen LogP contribution in [0.25, 0.3) is 0 Å². The van der Waals surface area contributed by atoms with Gasteiger partial charge in [0, 0.05) is 4.47 Å². The number of ether oxygens (including phenoxy) is 1. The predicted octanol–water partition coefficient (Wildman–Crippen LogP) is 5.10. The molecule has 0 bridgehead atoms. The highest BCUT2D eigenvalue weighted by Gasteiger charge is 2.17. The molecule has 1 atom stereocenters. The molecule has 3 rings (SSSR count). The first-order valence-electron chi connectivity index (χ1n) is 5.93. The molecular formula is C15H11Br2FO. The van der Waals surface area contributed by atoms with Crippen molar-refractivity contribution >= 4 is 31.9 Å². The van der Waals surface area contributed by atoms with Crippen molar-refractivity contribution in [2.75, 3.05) is 0 Å². The Balaban J connectivity index is 1.97. The lowest BCUT2D eigenvalue weighted by molar-refractivity contribution is 0.134. The minimum absolute atomic E-state index is 0.0355. The molecule has 19 heavy (non-hydrogen) atoms. The largest absolute Gasteiger partial charge is 0.372 e. The topological polar surface area (TPSA) is 9.23 Å². The molecule has 0 fully saturated rings. The molecular weight excluding hydrogens is 375 g/mol. The molecule has 2 aromatic carbocycles. The van der Waals surface area contributed by atoms with E-state index in [1.54, 1.807) is 6.07 Å². The zero-order valence-corrected chi connectivity index (χ0v) is 13.2. The lowest BCUT2D eigenvalue weighted by Gasteiger charge is -2.14. The first kappa shape index (κ1) is 13.3. The predicted molar refractivity (Wildman–Crippen MR) is 79.8 cm³/mol. The molecule has 1 unspecified atom stereocenters. The summed E-state index contributed by atoms with van der Waals surface area (Å²) in [4.78, 5) is 0.0355. The van der Waals surface area contributed by atoms with Gasteiger partial charge in [-0.3, -0.25) is 0 Å². The molecule has 2 aromatic rings. The van der Waals surface area contributed by atoms with Crippen LogP contribution in [0, 0.1) is 5.82 Å². The molecule has 0 radical (unpaired) electrons. The third-order valence-electron chi connectivity index (χ3n) is 3.27. The first-order valence-corrected chi connectivity index (χ1v) is 7.64. The summed E-state index contributed by atoms with van der Waals surface area (Å²) < 4.78 is 19.3. The van der Waals surface area contributed by atoms with E-state index in [9.17, 15) is 4.39 Å². The molecule has 0 aliphatic carbocycles. The van der Waals surface area contributed by atoms with Crippen LogP contribution in [0.5, 0.6) is 0 Å². The van der Waals surface area contributed by atoms with Crippen LogP contribution in [-0.2, 0) is 18.0 Å². The zero-order valence-electron chi connectivity index (χ0n) is 10.00. The molecule has 0 spiro atoms. The van der Waals surface area contributed by atoms with Gasteiger partial charge < -0.3 is 4.74 Å². The maximum atomic E-state index is 13.1. The quantitative estimate of drug-likeness (QED) is 0.653. The van der Waals surface area contributed by atoms with Crippen LogP contribution in [0.15, 0.2) is 40.9 Å². The fraction of sp³-hybridized carbons (Fsp3) is 0.200. The first-order chi connectivity index (χ1) is 9.15. The van der Waals surface area contributed by atoms with Crippen molar-refractivity contribution in [3.05, 3.63) is 68.9 Å². The fourth-order valence-corrected chi connectivity index (χ4v) is 3.81. The minimum atomic E-state index is -0.238. The number of hydrogen-bond acceptors (Lipinski definition) is 1. The molecule has 0 amide bonds. The van der Waals surface area contributed by atoms with Crippen molar-refractivity contribution in [3.63, 3.8) is 0 Å². The van der Waals surface area contributed by atoms with E-state index in [0.29, 0.717) is 13.2 Å². The third-order valence-corrected chi connectivity index (χ3v) is 4.98. The van der Waals surface area contributed by atoms with Crippen molar-refractivity contribution in [1.82, 2.24) is 0 Å². The van der Waals surface area contributed by atoms with E-state index in [1.807, 2.05) is 0 Å². The average molecular weight is 386 g/mol. The van der Waals surface area contributed by atoms with Gasteiger partial charge in [-0.15, -0.1) is 0 Å². The van der Waals surface area contributed by atoms with Gasteiger partial charge in [0.1, 0.15) is 5.82 Å². The molecule has 1 nitrogen and oxygen atoms in total. The molecule has 0 saturated heterocycles. The zero-order chi connectivity index (χ0) is 13.4. The Morgan fingerprint density at radius 1 is 1.05 bits per heavy atom. The van der Waals surface area contributed by atoms with Gasteiger partial charge in [0.05, 0.1) is 18.0 Å². The minimum Gasteiger partial charge on any atom is -0.372 e. The Labute approximate surface area is 128 Å². The highest BCUT2D eigenvalue weighted by Crippen LogP contribution is 2.37. The van der Waals surface area contributed by atoms with E-state index in [0.717, 1.165) is 15.6 Å². The third kappa shape index (κ3) is 2.62. The Morgan fingerprint density at radius 2 is 1.84 bits per heavy atom. The van der Waals surface area contributed by atoms with Crippen LogP contribution < -0.4 is 0 Å². The second-order valence-corrected chi connectivity index (χ2v) is 6.32. The maximum Gasteiger partial charge on any atom is 0.124 e. The molecule has 98 valence electrons. The summed E-state index contributed by atoms with van der Waals surface area (Å²) >= 11 is 7.10. The van der Waals surface area contributed by atoms with Crippen LogP contribution in [0.2, 0.25) is 0 Å². The average Bonchev–Trinajstić information content (AvgIpc) is 2.85. The molecule has 1 aliphatic rings. The van der Waals surface area contributed by atoms with Gasteiger partial charge >= 0.3 is 0 Å². The van der Waals surface area contributed by atoms with E-state index < -0.39 is 0 Å². The number of rotatable bonds is 2. The number of hydrogen-bond donors (Lipinski definition) is 0. The van der Waals surface area contributed by atoms with Crippen molar-refractivity contribution < 1.29 is 9.13 Å². The molecule has 4 heteroatoms. The van der Waals surface area contributed by atoms with E-state index in [4.69, 9.17) is 4.74 Å². The van der Waals surface area contributed by atoms with Gasteiger partial charge in [0.15, 0.2) is 0 Å². The number of alkyl halides is 1. The highest BCUT2D eigenvalue weighted by molar-refractivity contribution is 9.11. The van der Waals surface area contributed by atoms with E-state index in [1.165, 1.54) is 23.3 Å². The Bertz CT molecular complexity index is 628. The van der Waals surface area contributed by atoms with Gasteiger partial charge in [-0.25, -0.2) is 4.39 Å². The molecule has 1 heterocycles. The van der Waals surface area contributed by atoms with Crippen molar-refractivity contribution in [2.24, 2.45) is 0 Å². The monoisotopic (exact) mass is 384 g/mol. The standard InChI is InChI=1S/C15H11Br2FO/c16-14-6-12(18)3-4-13(14)15(17)9-1-2-10-7-19-8-11(10)5-9/h1-6,15H,7-8H2. The lowest BCUT2D eigenvalue weighted by atomic mass is 10.0. The Kier molecular flexibility index (Phi) is 3.74. The smallest absolute Gasteiger partial charge is 0.124 e. The normalized spacial score (nSPS) is 15.3. The lowest BCUT2D eigenvalue weighted by Crippen LogP contribution is -1.96. The SMILES string of the molecule is Fc1ccc(C(Br)c2ccc3c(c2)COC3)c(Br)c1. The van der Waals surface area contributed by atoms with Gasteiger partial charge in [-0.1, -0.05) is 56.1 Å². The Hall–Kier alpha value is -0.710. The van der Waals surface area contributed by atoms with E-state index in [2.05, 4.69) is 50.1 Å². The Morgan fingerprint density at radius 3 is 2.63 bits per heavy atom. The summed E-state index contributed by atoms with van der Waals surface area (Å²) in [6, 6.07) is 11.1. The summed E-state index contributed by atoms with van der Waals surface area (Å²) in [6.45, 7) is 1.37. The maximum absolute atomic E-state index is 13.1. The molecule has 0 aromatic heterocycles. The van der Waals surface area contributed by atoms with Crippen LogP contribution in [0.1, 0.15) is 27.1 Å². The van der Waals surface area contributed by atoms with Crippen molar-refractivity contribution in [2.45, 2.75) is 18.0 Å². The van der Waals surface area contributed by atoms with Crippen LogP contribution in [-0.4, -0.2) is 0 Å². The van der Waals surface area contributed by atoms with Crippen LogP contribution in [0.4, 0.5) is 4.39 Å². The second kappa shape index (κ2) is 5.35. The molecule has 1 aliphatic heterocycles. The van der Waals surface area contributed by atoms with Gasteiger partial charge in [0.25, 0.3) is 0 Å². The highest BCUT2D eigenvalue weighted by atomic mass is 79.9. The summed E-state index contributed by atoms with van der Waals surface area (Å²) in [5.41, 5.74) is 4.65. The molecule has 0 N–H and O–H groups in total. The van der Waals surface area contributed by atoms with Crippen LogP contribution in [0.3, 0.4) is 0 Å². The van der Waals surface area contributed by atoms with Crippen molar-refractivity contribution in [1.29, 1.82) is 0 Å². The fourth-order valence-electron chi connectivity index (χ4n) is 2.24. The van der Waals surface area contributed by atoms with Gasteiger partial charge in [0.2, 0.25) is 0 Å². The summed E-state index contributed by atoms with van der Waals surface area (Å²) in [6.07, 6.45) is 0. The van der Waals surface area contributed by atoms with Crippen molar-refractivity contribution in [3.8, 4) is 0 Å². The van der Waals surface area contributed by atoms with Gasteiger partial charge in [-0.2, -0.15) is 0 Å². The second-order valence-electron chi connectivity index (χ2n) is 4.55. The summed E-state index contributed by atoms with van der Waals surface area (Å²) in [5.74, 6) is -0.238. The van der Waals surface area contributed by atoms with Crippen LogP contribution >= 0.6 is 31.9 Å². The number of halogens is 3. The molecule has 0 saturated carbocycles. The van der Waals surface area contributed by atoms with E-state index >= 15 is 0 Å². The summed E-state index contributed by atoms with van der Waals surface area (Å²) in [7, 11) is 0. The van der Waals surface area contributed by atoms with E-state index in [-0.39, 0.29) is 10.6 Å². The summed E-state index contributed by atoms with van der Waals surface area (Å²) in [5, 5.41) is 0. The van der Waals surface area contributed by atoms with Gasteiger partial charge in [-0.05, 0) is 34.4 Å². The number of fused-ring (bicyclic) bond motifs is 1. The number of benzene rings is 2.